The van der Waals surface area contributed by atoms with Gasteiger partial charge in [0.05, 0.1) is 21.6 Å². The number of thiazole rings is 1. The maximum Gasteiger partial charge on any atom is 0.233 e. The van der Waals surface area contributed by atoms with Crippen LogP contribution >= 0.6 is 11.3 Å². The molecule has 0 saturated carbocycles. The van der Waals surface area contributed by atoms with Crippen molar-refractivity contribution in [3.05, 3.63) is 48.0 Å². The second-order valence-electron chi connectivity index (χ2n) is 7.85. The average Bonchev–Trinajstić information content (AvgIpc) is 3.48. The van der Waals surface area contributed by atoms with Crippen LogP contribution in [0, 0.1) is 5.95 Å². The number of hydrogen-bond donors (Lipinski definition) is 1. The Hall–Kier alpha value is -2.91. The summed E-state index contributed by atoms with van der Waals surface area (Å²) in [5, 5.41) is 16.2. The third-order valence-electron chi connectivity index (χ3n) is 5.90. The van der Waals surface area contributed by atoms with E-state index in [1.807, 2.05) is 24.3 Å². The van der Waals surface area contributed by atoms with Gasteiger partial charge in [-0.1, -0.05) is 0 Å². The number of nitrogens with one attached hydrogen (secondary N) is 1. The average molecular weight is 422 g/mol. The van der Waals surface area contributed by atoms with Crippen LogP contribution in [-0.2, 0) is 0 Å². The van der Waals surface area contributed by atoms with Gasteiger partial charge in [0.1, 0.15) is 11.6 Å². The number of aromatic nitrogens is 5. The molecule has 2 unspecified atom stereocenters. The third kappa shape index (κ3) is 3.14. The fourth-order valence-electron chi connectivity index (χ4n) is 4.56. The van der Waals surface area contributed by atoms with Crippen molar-refractivity contribution in [3.8, 4) is 22.8 Å². The predicted molar refractivity (Wildman–Crippen MR) is 111 cm³/mol. The van der Waals surface area contributed by atoms with Gasteiger partial charge in [-0.25, -0.2) is 9.67 Å². The topological polar surface area (TPSA) is 77.8 Å². The zero-order valence-corrected chi connectivity index (χ0v) is 16.8. The Kier molecular flexibility index (Phi) is 4.24. The molecule has 4 aromatic rings. The summed E-state index contributed by atoms with van der Waals surface area (Å²) in [6, 6.07) is 10.1. The smallest absolute Gasteiger partial charge is 0.233 e. The van der Waals surface area contributed by atoms with E-state index in [2.05, 4.69) is 25.6 Å². The molecule has 2 atom stereocenters. The Bertz CT molecular complexity index is 1190. The molecule has 2 aliphatic rings. The highest BCUT2D eigenvalue weighted by Crippen LogP contribution is 2.34. The number of nitrogens with zero attached hydrogens (tertiary/aromatic N) is 5. The zero-order valence-electron chi connectivity index (χ0n) is 16.0. The molecule has 5 heterocycles. The van der Waals surface area contributed by atoms with Gasteiger partial charge < -0.3 is 10.1 Å². The van der Waals surface area contributed by atoms with Crippen LogP contribution in [0.5, 0.6) is 5.88 Å². The lowest BCUT2D eigenvalue weighted by Gasteiger charge is -2.28. The summed E-state index contributed by atoms with van der Waals surface area (Å²) < 4.78 is 21.9. The maximum atomic E-state index is 13.4. The van der Waals surface area contributed by atoms with Gasteiger partial charge in [0, 0.05) is 36.0 Å². The van der Waals surface area contributed by atoms with E-state index in [9.17, 15) is 4.39 Å². The van der Waals surface area contributed by atoms with E-state index in [0.717, 1.165) is 40.0 Å². The normalized spacial score (nSPS) is 23.2. The summed E-state index contributed by atoms with van der Waals surface area (Å²) in [7, 11) is 0. The van der Waals surface area contributed by atoms with Crippen molar-refractivity contribution in [2.24, 2.45) is 0 Å². The minimum Gasteiger partial charge on any atom is -0.473 e. The van der Waals surface area contributed by atoms with E-state index in [-0.39, 0.29) is 6.10 Å². The van der Waals surface area contributed by atoms with Gasteiger partial charge >= 0.3 is 0 Å². The molecule has 30 heavy (non-hydrogen) atoms. The van der Waals surface area contributed by atoms with Gasteiger partial charge in [0.2, 0.25) is 11.8 Å². The molecule has 1 aromatic carbocycles. The lowest BCUT2D eigenvalue weighted by molar-refractivity contribution is 0.130. The van der Waals surface area contributed by atoms with E-state index < -0.39 is 5.95 Å². The molecule has 152 valence electrons. The number of halogens is 1. The van der Waals surface area contributed by atoms with Crippen molar-refractivity contribution in [1.82, 2.24) is 30.3 Å². The molecule has 9 heteroatoms. The quantitative estimate of drug-likeness (QED) is 0.540. The van der Waals surface area contributed by atoms with Crippen LogP contribution < -0.4 is 10.1 Å². The number of fused-ring (bicyclic) bond motifs is 3. The first-order valence-corrected chi connectivity index (χ1v) is 11.0. The molecule has 0 spiro atoms. The maximum absolute atomic E-state index is 13.4. The fourth-order valence-corrected chi connectivity index (χ4v) is 5.39. The molecule has 0 amide bonds. The Morgan fingerprint density at radius 1 is 1.07 bits per heavy atom. The molecule has 0 radical (unpaired) electrons. The molecule has 2 saturated heterocycles. The van der Waals surface area contributed by atoms with E-state index in [0.29, 0.717) is 18.0 Å². The van der Waals surface area contributed by atoms with Crippen molar-refractivity contribution < 1.29 is 9.13 Å². The first-order valence-electron chi connectivity index (χ1n) is 10.1. The molecule has 7 nitrogen and oxygen atoms in total. The molecule has 6 rings (SSSR count). The van der Waals surface area contributed by atoms with Crippen molar-refractivity contribution in [2.45, 2.75) is 43.9 Å². The largest absolute Gasteiger partial charge is 0.473 e. The Morgan fingerprint density at radius 3 is 2.67 bits per heavy atom. The van der Waals surface area contributed by atoms with E-state index in [1.165, 1.54) is 34.9 Å². The van der Waals surface area contributed by atoms with E-state index in [4.69, 9.17) is 4.74 Å². The number of rotatable bonds is 4. The number of benzene rings is 1. The van der Waals surface area contributed by atoms with Crippen LogP contribution in [0.1, 0.15) is 25.7 Å². The van der Waals surface area contributed by atoms with Crippen molar-refractivity contribution in [3.63, 3.8) is 0 Å². The Morgan fingerprint density at radius 2 is 1.93 bits per heavy atom. The highest BCUT2D eigenvalue weighted by molar-refractivity contribution is 7.17. The molecule has 2 bridgehead atoms. The van der Waals surface area contributed by atoms with E-state index >= 15 is 0 Å². The highest BCUT2D eigenvalue weighted by Gasteiger charge is 2.34. The van der Waals surface area contributed by atoms with E-state index in [1.54, 1.807) is 11.7 Å². The second kappa shape index (κ2) is 7.10. The first kappa shape index (κ1) is 17.9. The van der Waals surface area contributed by atoms with Crippen LogP contribution in [0.25, 0.3) is 27.2 Å². The summed E-state index contributed by atoms with van der Waals surface area (Å²) in [5.74, 6) is 0.0416. The van der Waals surface area contributed by atoms with Crippen LogP contribution in [0.15, 0.2) is 42.0 Å². The fraction of sp³-hybridized carbons (Fsp3) is 0.333. The zero-order chi connectivity index (χ0) is 20.1. The third-order valence-corrected chi connectivity index (χ3v) is 6.76. The summed E-state index contributed by atoms with van der Waals surface area (Å²) in [4.78, 5) is 4.46. The number of ether oxygens (including phenoxy) is 1. The SMILES string of the molecule is Fc1ccn(-c2ccc(-c3ccc(OC4CC5CCC(C4)N5)nn3)c3scnc23)n1. The van der Waals surface area contributed by atoms with Crippen molar-refractivity contribution >= 4 is 21.6 Å². The predicted octanol–water partition coefficient (Wildman–Crippen LogP) is 3.74. The van der Waals surface area contributed by atoms with Gasteiger partial charge in [-0.2, -0.15) is 4.39 Å². The molecule has 2 fully saturated rings. The highest BCUT2D eigenvalue weighted by atomic mass is 32.1. The second-order valence-corrected chi connectivity index (χ2v) is 8.71. The lowest BCUT2D eigenvalue weighted by Crippen LogP contribution is -2.42. The monoisotopic (exact) mass is 422 g/mol. The molecule has 0 aliphatic carbocycles. The molecular formula is C21H19FN6OS. The number of hydrogen-bond acceptors (Lipinski definition) is 7. The molecule has 3 aromatic heterocycles. The first-order chi connectivity index (χ1) is 14.7. The van der Waals surface area contributed by atoms with Gasteiger partial charge in [0.25, 0.3) is 0 Å². The molecule has 1 N–H and O–H groups in total. The summed E-state index contributed by atoms with van der Waals surface area (Å²) in [6.45, 7) is 0. The molecule has 2 aliphatic heterocycles. The van der Waals surface area contributed by atoms with Crippen molar-refractivity contribution in [2.75, 3.05) is 0 Å². The summed E-state index contributed by atoms with van der Waals surface area (Å²) >= 11 is 1.51. The van der Waals surface area contributed by atoms with Crippen LogP contribution in [0.3, 0.4) is 0 Å². The van der Waals surface area contributed by atoms with Crippen LogP contribution in [0.2, 0.25) is 0 Å². The van der Waals surface area contributed by atoms with Gasteiger partial charge in [-0.3, -0.25) is 0 Å². The van der Waals surface area contributed by atoms with Gasteiger partial charge in [0.15, 0.2) is 0 Å². The Labute approximate surface area is 175 Å². The Balaban J connectivity index is 1.27. The van der Waals surface area contributed by atoms with Crippen LogP contribution in [0.4, 0.5) is 4.39 Å². The van der Waals surface area contributed by atoms with Crippen LogP contribution in [-0.4, -0.2) is 43.1 Å². The van der Waals surface area contributed by atoms with Crippen molar-refractivity contribution in [1.29, 1.82) is 0 Å². The number of piperidine rings is 1. The minimum absolute atomic E-state index is 0.200. The summed E-state index contributed by atoms with van der Waals surface area (Å²) in [5.41, 5.74) is 4.94. The standard InChI is InChI=1S/C21H19FN6OS/c22-18-7-8-28(27-18)17-5-3-15(21-20(17)23-11-30-21)16-4-6-19(26-25-16)29-14-9-12-1-2-13(10-14)24-12/h3-8,11-14,24H,1-2,9-10H2. The van der Waals surface area contributed by atoms with Gasteiger partial charge in [-0.15, -0.1) is 26.6 Å². The minimum atomic E-state index is -0.523. The summed E-state index contributed by atoms with van der Waals surface area (Å²) in [6.07, 6.45) is 6.31. The lowest BCUT2D eigenvalue weighted by atomic mass is 10.0. The van der Waals surface area contributed by atoms with Gasteiger partial charge in [-0.05, 0) is 43.9 Å². The molecular weight excluding hydrogens is 403 g/mol.